The molecule has 0 radical (unpaired) electrons. The standard InChI is InChI=1S/C15H26N2O4S/c1-4-14(18)16-8-6-13(7-9-16)22(20,21)17-10-5-12(11-17)15(2,3)19/h4,12-13,19H,1,5-11H2,2-3H3. The van der Waals surface area contributed by atoms with E-state index in [1.165, 1.54) is 10.4 Å². The number of sulfonamides is 1. The van der Waals surface area contributed by atoms with Crippen molar-refractivity contribution in [3.05, 3.63) is 12.7 Å². The van der Waals surface area contributed by atoms with Crippen molar-refractivity contribution in [3.63, 3.8) is 0 Å². The third kappa shape index (κ3) is 3.52. The molecule has 1 amide bonds. The molecule has 0 spiro atoms. The Bertz CT molecular complexity index is 530. The van der Waals surface area contributed by atoms with Crippen molar-refractivity contribution in [2.75, 3.05) is 26.2 Å². The van der Waals surface area contributed by atoms with Gasteiger partial charge < -0.3 is 10.0 Å². The second-order valence-corrected chi connectivity index (χ2v) is 8.98. The Morgan fingerprint density at radius 2 is 1.82 bits per heavy atom. The molecule has 0 aromatic carbocycles. The van der Waals surface area contributed by atoms with Gasteiger partial charge in [0.15, 0.2) is 0 Å². The van der Waals surface area contributed by atoms with Crippen LogP contribution in [-0.4, -0.2) is 65.7 Å². The number of hydrogen-bond donors (Lipinski definition) is 1. The molecule has 0 aromatic heterocycles. The second kappa shape index (κ2) is 6.29. The number of nitrogens with zero attached hydrogens (tertiary/aromatic N) is 2. The van der Waals surface area contributed by atoms with E-state index in [2.05, 4.69) is 6.58 Å². The van der Waals surface area contributed by atoms with E-state index in [0.29, 0.717) is 45.4 Å². The topological polar surface area (TPSA) is 77.9 Å². The first kappa shape index (κ1) is 17.4. The Morgan fingerprint density at radius 3 is 2.27 bits per heavy atom. The van der Waals surface area contributed by atoms with Crippen LogP contribution < -0.4 is 0 Å². The average Bonchev–Trinajstić information content (AvgIpc) is 2.97. The van der Waals surface area contributed by atoms with E-state index in [9.17, 15) is 18.3 Å². The summed E-state index contributed by atoms with van der Waals surface area (Å²) >= 11 is 0. The van der Waals surface area contributed by atoms with Gasteiger partial charge in [-0.25, -0.2) is 12.7 Å². The lowest BCUT2D eigenvalue weighted by Crippen LogP contribution is -2.46. The van der Waals surface area contributed by atoms with Gasteiger partial charge in [-0.05, 0) is 39.2 Å². The molecule has 0 aromatic rings. The van der Waals surface area contributed by atoms with Crippen LogP contribution in [0.25, 0.3) is 0 Å². The minimum absolute atomic E-state index is 0.0234. The molecule has 2 fully saturated rings. The van der Waals surface area contributed by atoms with Crippen LogP contribution in [0.1, 0.15) is 33.1 Å². The number of aliphatic hydroxyl groups is 1. The minimum atomic E-state index is -3.35. The molecule has 1 unspecified atom stereocenters. The predicted molar refractivity (Wildman–Crippen MR) is 84.7 cm³/mol. The first-order valence-electron chi connectivity index (χ1n) is 7.79. The maximum Gasteiger partial charge on any atom is 0.245 e. The summed E-state index contributed by atoms with van der Waals surface area (Å²) < 4.78 is 27.0. The van der Waals surface area contributed by atoms with Gasteiger partial charge in [-0.1, -0.05) is 6.58 Å². The Balaban J connectivity index is 1.98. The SMILES string of the molecule is C=CC(=O)N1CCC(S(=O)(=O)N2CCC(C(C)(C)O)C2)CC1. The number of piperidine rings is 1. The summed E-state index contributed by atoms with van der Waals surface area (Å²) in [5.74, 6) is -0.163. The van der Waals surface area contributed by atoms with E-state index in [4.69, 9.17) is 0 Å². The quantitative estimate of drug-likeness (QED) is 0.765. The van der Waals surface area contributed by atoms with Crippen molar-refractivity contribution >= 4 is 15.9 Å². The highest BCUT2D eigenvalue weighted by Crippen LogP contribution is 2.31. The third-order valence-corrected chi connectivity index (χ3v) is 7.22. The summed E-state index contributed by atoms with van der Waals surface area (Å²) in [5, 5.41) is 9.63. The van der Waals surface area contributed by atoms with Gasteiger partial charge in [0.25, 0.3) is 0 Å². The van der Waals surface area contributed by atoms with Gasteiger partial charge in [-0.2, -0.15) is 0 Å². The van der Waals surface area contributed by atoms with Crippen molar-refractivity contribution in [3.8, 4) is 0 Å². The second-order valence-electron chi connectivity index (χ2n) is 6.77. The molecule has 7 heteroatoms. The van der Waals surface area contributed by atoms with Crippen LogP contribution >= 0.6 is 0 Å². The van der Waals surface area contributed by atoms with Crippen LogP contribution in [0.2, 0.25) is 0 Å². The molecule has 2 saturated heterocycles. The van der Waals surface area contributed by atoms with Gasteiger partial charge in [0.1, 0.15) is 0 Å². The first-order valence-corrected chi connectivity index (χ1v) is 9.29. The highest BCUT2D eigenvalue weighted by molar-refractivity contribution is 7.89. The Labute approximate surface area is 132 Å². The molecule has 126 valence electrons. The van der Waals surface area contributed by atoms with Crippen LogP contribution in [0.5, 0.6) is 0 Å². The summed E-state index contributed by atoms with van der Waals surface area (Å²) in [6, 6.07) is 0. The van der Waals surface area contributed by atoms with Crippen LogP contribution in [0.15, 0.2) is 12.7 Å². The molecule has 2 heterocycles. The minimum Gasteiger partial charge on any atom is -0.390 e. The normalized spacial score (nSPS) is 25.4. The zero-order chi connectivity index (χ0) is 16.5. The smallest absolute Gasteiger partial charge is 0.245 e. The largest absolute Gasteiger partial charge is 0.390 e. The summed E-state index contributed by atoms with van der Waals surface area (Å²) in [4.78, 5) is 13.2. The summed E-state index contributed by atoms with van der Waals surface area (Å²) in [5.41, 5.74) is -0.857. The molecule has 2 aliphatic heterocycles. The fourth-order valence-corrected chi connectivity index (χ4v) is 5.23. The van der Waals surface area contributed by atoms with Crippen LogP contribution in [0.3, 0.4) is 0 Å². The fraction of sp³-hybridized carbons (Fsp3) is 0.800. The third-order valence-electron chi connectivity index (χ3n) is 4.86. The number of hydrogen-bond acceptors (Lipinski definition) is 4. The number of carbonyl (C=O) groups excluding carboxylic acids is 1. The lowest BCUT2D eigenvalue weighted by Gasteiger charge is -2.33. The van der Waals surface area contributed by atoms with Gasteiger partial charge in [0.05, 0.1) is 10.9 Å². The van der Waals surface area contributed by atoms with Crippen molar-refractivity contribution in [1.29, 1.82) is 0 Å². The maximum atomic E-state index is 12.7. The number of carbonyl (C=O) groups is 1. The summed E-state index contributed by atoms with van der Waals surface area (Å²) in [7, 11) is -3.35. The van der Waals surface area contributed by atoms with Gasteiger partial charge >= 0.3 is 0 Å². The van der Waals surface area contributed by atoms with E-state index >= 15 is 0 Å². The van der Waals surface area contributed by atoms with E-state index in [1.54, 1.807) is 18.7 Å². The number of rotatable bonds is 4. The highest BCUT2D eigenvalue weighted by atomic mass is 32.2. The van der Waals surface area contributed by atoms with Crippen LogP contribution in [0.4, 0.5) is 0 Å². The molecule has 0 bridgehead atoms. The highest BCUT2D eigenvalue weighted by Gasteiger charge is 2.42. The molecular formula is C15H26N2O4S. The van der Waals surface area contributed by atoms with Crippen LogP contribution in [-0.2, 0) is 14.8 Å². The first-order chi connectivity index (χ1) is 10.2. The predicted octanol–water partition coefficient (Wildman–Crippen LogP) is 0.586. The van der Waals surface area contributed by atoms with Crippen molar-refractivity contribution in [1.82, 2.24) is 9.21 Å². The molecule has 0 saturated carbocycles. The molecule has 0 aliphatic carbocycles. The number of likely N-dealkylation sites (tertiary alicyclic amines) is 1. The number of amides is 1. The Morgan fingerprint density at radius 1 is 1.23 bits per heavy atom. The molecular weight excluding hydrogens is 304 g/mol. The summed E-state index contributed by atoms with van der Waals surface area (Å²) in [6.45, 7) is 8.69. The molecule has 6 nitrogen and oxygen atoms in total. The fourth-order valence-electron chi connectivity index (χ4n) is 3.25. The molecule has 22 heavy (non-hydrogen) atoms. The van der Waals surface area contributed by atoms with Crippen LogP contribution in [0, 0.1) is 5.92 Å². The van der Waals surface area contributed by atoms with Crippen molar-refractivity contribution < 1.29 is 18.3 Å². The lowest BCUT2D eigenvalue weighted by molar-refractivity contribution is -0.126. The maximum absolute atomic E-state index is 12.7. The Hall–Kier alpha value is -0.920. The monoisotopic (exact) mass is 330 g/mol. The molecule has 1 atom stereocenters. The molecule has 2 rings (SSSR count). The van der Waals surface area contributed by atoms with Gasteiger partial charge in [0.2, 0.25) is 15.9 Å². The van der Waals surface area contributed by atoms with Crippen molar-refractivity contribution in [2.24, 2.45) is 5.92 Å². The van der Waals surface area contributed by atoms with Gasteiger partial charge in [0, 0.05) is 32.1 Å². The lowest BCUT2D eigenvalue weighted by atomic mass is 9.91. The van der Waals surface area contributed by atoms with E-state index in [-0.39, 0.29) is 11.8 Å². The molecule has 2 aliphatic rings. The summed E-state index contributed by atoms with van der Waals surface area (Å²) in [6.07, 6.45) is 2.89. The van der Waals surface area contributed by atoms with Crippen molar-refractivity contribution in [2.45, 2.75) is 44.0 Å². The van der Waals surface area contributed by atoms with Gasteiger partial charge in [-0.3, -0.25) is 4.79 Å². The van der Waals surface area contributed by atoms with E-state index in [1.807, 2.05) is 0 Å². The molecule has 1 N–H and O–H groups in total. The Kier molecular flexibility index (Phi) is 4.99. The zero-order valence-electron chi connectivity index (χ0n) is 13.4. The average molecular weight is 330 g/mol. The van der Waals surface area contributed by atoms with E-state index < -0.39 is 20.9 Å². The van der Waals surface area contributed by atoms with Gasteiger partial charge in [-0.15, -0.1) is 0 Å². The zero-order valence-corrected chi connectivity index (χ0v) is 14.2. The van der Waals surface area contributed by atoms with E-state index in [0.717, 1.165) is 0 Å².